The third kappa shape index (κ3) is 2.11. The van der Waals surface area contributed by atoms with Gasteiger partial charge in [-0.05, 0) is 30.2 Å². The second-order valence-electron chi connectivity index (χ2n) is 4.40. The van der Waals surface area contributed by atoms with E-state index in [1.54, 1.807) is 12.1 Å². The number of hydrogen-bond acceptors (Lipinski definition) is 2. The molecular weight excluding hydrogens is 222 g/mol. The molecule has 0 amide bonds. The summed E-state index contributed by atoms with van der Waals surface area (Å²) in [5, 5.41) is 0.935. The van der Waals surface area contributed by atoms with E-state index in [0.29, 0.717) is 4.90 Å². The molecule has 0 spiro atoms. The fraction of sp³-hybridized carbons (Fsp3) is 0.333. The van der Waals surface area contributed by atoms with Gasteiger partial charge in [-0.15, -0.1) is 0 Å². The molecule has 16 heavy (non-hydrogen) atoms. The molecule has 0 radical (unpaired) electrons. The van der Waals surface area contributed by atoms with E-state index in [4.69, 9.17) is 0 Å². The van der Waals surface area contributed by atoms with E-state index in [0.717, 1.165) is 10.9 Å². The summed E-state index contributed by atoms with van der Waals surface area (Å²) in [6.07, 6.45) is 1.81. The van der Waals surface area contributed by atoms with Crippen LogP contribution in [0, 0.1) is 5.92 Å². The third-order valence-electron chi connectivity index (χ3n) is 2.44. The Morgan fingerprint density at radius 1 is 1.25 bits per heavy atom. The van der Waals surface area contributed by atoms with Gasteiger partial charge in [0.1, 0.15) is 0 Å². The second kappa shape index (κ2) is 3.94. The minimum absolute atomic E-state index is 0.145. The Morgan fingerprint density at radius 2 is 2.00 bits per heavy atom. The highest BCUT2D eigenvalue weighted by atomic mass is 32.2. The van der Waals surface area contributed by atoms with Crippen LogP contribution in [-0.2, 0) is 9.84 Å². The minimum Gasteiger partial charge on any atom is -0.361 e. The lowest BCUT2D eigenvalue weighted by atomic mass is 10.2. The SMILES string of the molecule is CC(C)CS(=O)(=O)c1ccc2[nH]ccc2c1. The molecule has 1 aromatic heterocycles. The molecule has 3 nitrogen and oxygen atoms in total. The molecule has 86 valence electrons. The van der Waals surface area contributed by atoms with Gasteiger partial charge in [0.25, 0.3) is 0 Å². The van der Waals surface area contributed by atoms with Gasteiger partial charge in [-0.3, -0.25) is 0 Å². The molecule has 0 atom stereocenters. The van der Waals surface area contributed by atoms with Crippen LogP contribution in [0.5, 0.6) is 0 Å². The van der Waals surface area contributed by atoms with Crippen molar-refractivity contribution < 1.29 is 8.42 Å². The first-order chi connectivity index (χ1) is 7.49. The molecular formula is C12H15NO2S. The number of nitrogens with one attached hydrogen (secondary N) is 1. The zero-order valence-corrected chi connectivity index (χ0v) is 10.2. The monoisotopic (exact) mass is 237 g/mol. The average molecular weight is 237 g/mol. The van der Waals surface area contributed by atoms with Crippen LogP contribution in [0.2, 0.25) is 0 Å². The van der Waals surface area contributed by atoms with Crippen LogP contribution in [0.15, 0.2) is 35.4 Å². The average Bonchev–Trinajstić information content (AvgIpc) is 2.61. The van der Waals surface area contributed by atoms with E-state index in [-0.39, 0.29) is 11.7 Å². The van der Waals surface area contributed by atoms with Gasteiger partial charge in [0.05, 0.1) is 10.6 Å². The molecule has 0 unspecified atom stereocenters. The van der Waals surface area contributed by atoms with Gasteiger partial charge in [0.15, 0.2) is 9.84 Å². The Morgan fingerprint density at radius 3 is 2.69 bits per heavy atom. The summed E-state index contributed by atoms with van der Waals surface area (Å²) in [7, 11) is -3.14. The number of H-pyrrole nitrogens is 1. The highest BCUT2D eigenvalue weighted by Gasteiger charge is 2.16. The number of aromatic amines is 1. The normalized spacial score (nSPS) is 12.4. The Hall–Kier alpha value is -1.29. The Balaban J connectivity index is 2.46. The third-order valence-corrected chi connectivity index (χ3v) is 4.51. The zero-order chi connectivity index (χ0) is 11.8. The molecule has 1 N–H and O–H groups in total. The summed E-state index contributed by atoms with van der Waals surface area (Å²) >= 11 is 0. The van der Waals surface area contributed by atoms with Gasteiger partial charge in [0, 0.05) is 17.1 Å². The predicted octanol–water partition coefficient (Wildman–Crippen LogP) is 2.60. The van der Waals surface area contributed by atoms with Gasteiger partial charge in [-0.25, -0.2) is 8.42 Å². The lowest BCUT2D eigenvalue weighted by molar-refractivity contribution is 0.582. The minimum atomic E-state index is -3.14. The first-order valence-corrected chi connectivity index (χ1v) is 6.94. The van der Waals surface area contributed by atoms with Crippen molar-refractivity contribution in [1.29, 1.82) is 0 Å². The largest absolute Gasteiger partial charge is 0.361 e. The summed E-state index contributed by atoms with van der Waals surface area (Å²) in [5.41, 5.74) is 0.962. The molecule has 0 aliphatic carbocycles. The maximum atomic E-state index is 12.0. The van der Waals surface area contributed by atoms with E-state index in [9.17, 15) is 8.42 Å². The first-order valence-electron chi connectivity index (χ1n) is 5.29. The number of fused-ring (bicyclic) bond motifs is 1. The molecule has 1 heterocycles. The summed E-state index contributed by atoms with van der Waals surface area (Å²) in [4.78, 5) is 3.45. The van der Waals surface area contributed by atoms with Crippen molar-refractivity contribution in [2.75, 3.05) is 5.75 Å². The van der Waals surface area contributed by atoms with Crippen molar-refractivity contribution in [3.63, 3.8) is 0 Å². The van der Waals surface area contributed by atoms with Crippen molar-refractivity contribution in [1.82, 2.24) is 4.98 Å². The number of benzene rings is 1. The topological polar surface area (TPSA) is 49.9 Å². The van der Waals surface area contributed by atoms with Crippen molar-refractivity contribution in [2.24, 2.45) is 5.92 Å². The van der Waals surface area contributed by atoms with Gasteiger partial charge >= 0.3 is 0 Å². The van der Waals surface area contributed by atoms with Crippen LogP contribution in [0.1, 0.15) is 13.8 Å². The molecule has 0 bridgehead atoms. The van der Waals surface area contributed by atoms with E-state index in [1.165, 1.54) is 0 Å². The van der Waals surface area contributed by atoms with Gasteiger partial charge in [0.2, 0.25) is 0 Å². The maximum Gasteiger partial charge on any atom is 0.178 e. The smallest absolute Gasteiger partial charge is 0.178 e. The Kier molecular flexibility index (Phi) is 2.76. The van der Waals surface area contributed by atoms with Gasteiger partial charge in [-0.1, -0.05) is 13.8 Å². The van der Waals surface area contributed by atoms with Gasteiger partial charge in [-0.2, -0.15) is 0 Å². The summed E-state index contributed by atoms with van der Waals surface area (Å²) in [6.45, 7) is 3.82. The fourth-order valence-electron chi connectivity index (χ4n) is 1.76. The van der Waals surface area contributed by atoms with Crippen LogP contribution < -0.4 is 0 Å². The van der Waals surface area contributed by atoms with Gasteiger partial charge < -0.3 is 4.98 Å². The molecule has 0 aliphatic heterocycles. The maximum absolute atomic E-state index is 12.0. The first kappa shape index (κ1) is 11.2. The number of hydrogen-bond donors (Lipinski definition) is 1. The molecule has 2 rings (SSSR count). The Bertz CT molecular complexity index is 596. The molecule has 1 aromatic carbocycles. The highest BCUT2D eigenvalue weighted by molar-refractivity contribution is 7.91. The lowest BCUT2D eigenvalue weighted by Gasteiger charge is -2.06. The molecule has 0 fully saturated rings. The number of aromatic nitrogens is 1. The molecule has 0 saturated carbocycles. The summed E-state index contributed by atoms with van der Waals surface area (Å²) in [5.74, 6) is 0.343. The number of rotatable bonds is 3. The van der Waals surface area contributed by atoms with E-state index in [1.807, 2.05) is 32.2 Å². The number of sulfone groups is 1. The second-order valence-corrected chi connectivity index (χ2v) is 6.44. The van der Waals surface area contributed by atoms with Crippen molar-refractivity contribution in [3.05, 3.63) is 30.5 Å². The van der Waals surface area contributed by atoms with E-state index >= 15 is 0 Å². The van der Waals surface area contributed by atoms with E-state index in [2.05, 4.69) is 4.98 Å². The molecule has 2 aromatic rings. The Labute approximate surface area is 95.4 Å². The van der Waals surface area contributed by atoms with Crippen LogP contribution in [-0.4, -0.2) is 19.2 Å². The zero-order valence-electron chi connectivity index (χ0n) is 9.40. The summed E-state index contributed by atoms with van der Waals surface area (Å²) in [6, 6.07) is 7.08. The molecule has 4 heteroatoms. The highest BCUT2D eigenvalue weighted by Crippen LogP contribution is 2.20. The molecule has 0 saturated heterocycles. The quantitative estimate of drug-likeness (QED) is 0.892. The van der Waals surface area contributed by atoms with Crippen molar-refractivity contribution in [3.8, 4) is 0 Å². The van der Waals surface area contributed by atoms with Crippen molar-refractivity contribution >= 4 is 20.7 Å². The summed E-state index contributed by atoms with van der Waals surface area (Å²) < 4.78 is 24.0. The van der Waals surface area contributed by atoms with E-state index < -0.39 is 9.84 Å². The molecule has 0 aliphatic rings. The standard InChI is InChI=1S/C12H15NO2S/c1-9(2)8-16(14,15)11-3-4-12-10(7-11)5-6-13-12/h3-7,9,13H,8H2,1-2H3. The van der Waals surface area contributed by atoms with Crippen LogP contribution in [0.3, 0.4) is 0 Å². The van der Waals surface area contributed by atoms with Crippen molar-refractivity contribution in [2.45, 2.75) is 18.7 Å². The fourth-order valence-corrected chi connectivity index (χ4v) is 3.41. The van der Waals surface area contributed by atoms with Crippen LogP contribution >= 0.6 is 0 Å². The predicted molar refractivity (Wildman–Crippen MR) is 65.2 cm³/mol. The lowest BCUT2D eigenvalue weighted by Crippen LogP contribution is -2.11. The van der Waals surface area contributed by atoms with Crippen LogP contribution in [0.25, 0.3) is 10.9 Å². The van der Waals surface area contributed by atoms with Crippen LogP contribution in [0.4, 0.5) is 0 Å².